The third kappa shape index (κ3) is 3.33. The van der Waals surface area contributed by atoms with Crippen molar-refractivity contribution in [3.05, 3.63) is 40.3 Å². The van der Waals surface area contributed by atoms with Gasteiger partial charge < -0.3 is 15.0 Å². The highest BCUT2D eigenvalue weighted by Gasteiger charge is 2.27. The summed E-state index contributed by atoms with van der Waals surface area (Å²) in [4.78, 5) is 26.5. The first-order valence-corrected chi connectivity index (χ1v) is 8.30. The van der Waals surface area contributed by atoms with Crippen molar-refractivity contribution < 1.29 is 9.53 Å². The maximum Gasteiger partial charge on any atom is 0.286 e. The fraction of sp³-hybridized carbons (Fsp3) is 0.412. The predicted octanol–water partition coefficient (Wildman–Crippen LogP) is 1.33. The standard InChI is InChI=1S/C17H21N5O3/c1-4-25-13-7-5-12(6-8-13)21-9-10-22-16(24)14(19-20-17(21)22)15(23)18-11(2)3/h5-8,11H,4,9-10H2,1-3H3,(H,18,23). The van der Waals surface area contributed by atoms with Gasteiger partial charge in [0, 0.05) is 24.8 Å². The molecular formula is C17H21N5O3. The molecule has 0 aliphatic carbocycles. The minimum atomic E-state index is -0.498. The number of nitrogens with zero attached hydrogens (tertiary/aromatic N) is 4. The van der Waals surface area contributed by atoms with E-state index in [2.05, 4.69) is 15.5 Å². The number of fused-ring (bicyclic) bond motifs is 1. The quantitative estimate of drug-likeness (QED) is 0.881. The van der Waals surface area contributed by atoms with Gasteiger partial charge in [-0.25, -0.2) is 0 Å². The first-order valence-electron chi connectivity index (χ1n) is 8.30. The third-order valence-electron chi connectivity index (χ3n) is 3.81. The summed E-state index contributed by atoms with van der Waals surface area (Å²) in [7, 11) is 0. The van der Waals surface area contributed by atoms with E-state index in [1.165, 1.54) is 4.57 Å². The van der Waals surface area contributed by atoms with Crippen LogP contribution in [0.2, 0.25) is 0 Å². The van der Waals surface area contributed by atoms with Crippen LogP contribution in [-0.4, -0.2) is 39.9 Å². The minimum Gasteiger partial charge on any atom is -0.494 e. The van der Waals surface area contributed by atoms with Gasteiger partial charge in [0.1, 0.15) is 5.75 Å². The molecule has 0 spiro atoms. The van der Waals surface area contributed by atoms with Gasteiger partial charge in [-0.15, -0.1) is 10.2 Å². The maximum absolute atomic E-state index is 12.6. The fourth-order valence-corrected chi connectivity index (χ4v) is 2.72. The number of ether oxygens (including phenoxy) is 1. The molecular weight excluding hydrogens is 322 g/mol. The second kappa shape index (κ2) is 6.92. The van der Waals surface area contributed by atoms with E-state index in [0.717, 1.165) is 11.4 Å². The summed E-state index contributed by atoms with van der Waals surface area (Å²) >= 11 is 0. The van der Waals surface area contributed by atoms with Gasteiger partial charge in [-0.3, -0.25) is 14.2 Å². The van der Waals surface area contributed by atoms with E-state index in [9.17, 15) is 9.59 Å². The number of benzene rings is 1. The van der Waals surface area contributed by atoms with Crippen LogP contribution in [0.15, 0.2) is 29.1 Å². The van der Waals surface area contributed by atoms with Gasteiger partial charge >= 0.3 is 0 Å². The van der Waals surface area contributed by atoms with Crippen LogP contribution in [0.3, 0.4) is 0 Å². The van der Waals surface area contributed by atoms with Crippen LogP contribution in [0.5, 0.6) is 5.75 Å². The molecule has 3 rings (SSSR count). The summed E-state index contributed by atoms with van der Waals surface area (Å²) < 4.78 is 6.92. The molecule has 1 N–H and O–H groups in total. The SMILES string of the molecule is CCOc1ccc(N2CCn3c2nnc(C(=O)NC(C)C)c3=O)cc1. The molecule has 1 aliphatic heterocycles. The highest BCUT2D eigenvalue weighted by Crippen LogP contribution is 2.28. The lowest BCUT2D eigenvalue weighted by atomic mass is 10.3. The number of nitrogens with one attached hydrogen (secondary N) is 1. The lowest BCUT2D eigenvalue weighted by Gasteiger charge is -2.17. The summed E-state index contributed by atoms with van der Waals surface area (Å²) in [5.74, 6) is 0.729. The zero-order valence-corrected chi connectivity index (χ0v) is 14.5. The van der Waals surface area contributed by atoms with Crippen molar-refractivity contribution in [3.8, 4) is 5.75 Å². The Bertz CT molecular complexity index is 829. The third-order valence-corrected chi connectivity index (χ3v) is 3.81. The van der Waals surface area contributed by atoms with Crippen LogP contribution in [0.4, 0.5) is 11.6 Å². The minimum absolute atomic E-state index is 0.0766. The normalized spacial score (nSPS) is 13.0. The first kappa shape index (κ1) is 16.9. The molecule has 132 valence electrons. The van der Waals surface area contributed by atoms with Crippen molar-refractivity contribution in [2.24, 2.45) is 0 Å². The Morgan fingerprint density at radius 1 is 1.24 bits per heavy atom. The number of anilines is 2. The molecule has 25 heavy (non-hydrogen) atoms. The molecule has 1 amide bonds. The van der Waals surface area contributed by atoms with E-state index < -0.39 is 11.5 Å². The molecule has 1 aromatic carbocycles. The second-order valence-electron chi connectivity index (χ2n) is 6.01. The van der Waals surface area contributed by atoms with E-state index in [0.29, 0.717) is 25.6 Å². The molecule has 1 aromatic heterocycles. The highest BCUT2D eigenvalue weighted by atomic mass is 16.5. The Morgan fingerprint density at radius 3 is 2.60 bits per heavy atom. The number of amides is 1. The van der Waals surface area contributed by atoms with Crippen LogP contribution in [-0.2, 0) is 6.54 Å². The van der Waals surface area contributed by atoms with Crippen LogP contribution in [0.25, 0.3) is 0 Å². The van der Waals surface area contributed by atoms with Gasteiger partial charge in [0.05, 0.1) is 6.61 Å². The van der Waals surface area contributed by atoms with Crippen molar-refractivity contribution in [2.45, 2.75) is 33.4 Å². The molecule has 2 aromatic rings. The number of hydrogen-bond donors (Lipinski definition) is 1. The van der Waals surface area contributed by atoms with Crippen LogP contribution in [0, 0.1) is 0 Å². The lowest BCUT2D eigenvalue weighted by molar-refractivity contribution is 0.0934. The van der Waals surface area contributed by atoms with E-state index in [-0.39, 0.29) is 11.7 Å². The van der Waals surface area contributed by atoms with Gasteiger partial charge in [-0.2, -0.15) is 0 Å². The Morgan fingerprint density at radius 2 is 1.96 bits per heavy atom. The highest BCUT2D eigenvalue weighted by molar-refractivity contribution is 5.92. The van der Waals surface area contributed by atoms with Crippen molar-refractivity contribution in [1.82, 2.24) is 20.1 Å². The number of hydrogen-bond acceptors (Lipinski definition) is 6. The second-order valence-corrected chi connectivity index (χ2v) is 6.01. The van der Waals surface area contributed by atoms with E-state index in [4.69, 9.17) is 4.74 Å². The number of rotatable bonds is 5. The van der Waals surface area contributed by atoms with Gasteiger partial charge in [0.2, 0.25) is 11.6 Å². The number of carbonyl (C=O) groups excluding carboxylic acids is 1. The van der Waals surface area contributed by atoms with Gasteiger partial charge in [-0.05, 0) is 45.0 Å². The Labute approximate surface area is 145 Å². The molecule has 0 fully saturated rings. The lowest BCUT2D eigenvalue weighted by Crippen LogP contribution is -2.37. The zero-order chi connectivity index (χ0) is 18.0. The largest absolute Gasteiger partial charge is 0.494 e. The summed E-state index contributed by atoms with van der Waals surface area (Å²) in [6.45, 7) is 7.23. The summed E-state index contributed by atoms with van der Waals surface area (Å²) in [5.41, 5.74) is 0.297. The molecule has 0 bridgehead atoms. The number of aromatic nitrogens is 3. The Kier molecular flexibility index (Phi) is 4.69. The molecule has 8 heteroatoms. The monoisotopic (exact) mass is 343 g/mol. The Balaban J connectivity index is 1.89. The smallest absolute Gasteiger partial charge is 0.286 e. The molecule has 0 saturated heterocycles. The van der Waals surface area contributed by atoms with Crippen molar-refractivity contribution in [1.29, 1.82) is 0 Å². The number of carbonyl (C=O) groups is 1. The molecule has 0 saturated carbocycles. The fourth-order valence-electron chi connectivity index (χ4n) is 2.72. The molecule has 0 unspecified atom stereocenters. The van der Waals surface area contributed by atoms with Crippen LogP contribution < -0.4 is 20.5 Å². The van der Waals surface area contributed by atoms with Gasteiger partial charge in [-0.1, -0.05) is 0 Å². The van der Waals surface area contributed by atoms with Crippen molar-refractivity contribution in [2.75, 3.05) is 18.1 Å². The molecule has 0 atom stereocenters. The molecule has 2 heterocycles. The topological polar surface area (TPSA) is 89.3 Å². The van der Waals surface area contributed by atoms with Crippen molar-refractivity contribution in [3.63, 3.8) is 0 Å². The van der Waals surface area contributed by atoms with Crippen molar-refractivity contribution >= 4 is 17.5 Å². The van der Waals surface area contributed by atoms with Gasteiger partial charge in [0.25, 0.3) is 11.5 Å². The average molecular weight is 343 g/mol. The molecule has 0 radical (unpaired) electrons. The van der Waals surface area contributed by atoms with E-state index in [1.807, 2.05) is 49.9 Å². The maximum atomic E-state index is 12.6. The summed E-state index contributed by atoms with van der Waals surface area (Å²) in [5, 5.41) is 10.6. The molecule has 8 nitrogen and oxygen atoms in total. The summed E-state index contributed by atoms with van der Waals surface area (Å²) in [6.07, 6.45) is 0. The first-order chi connectivity index (χ1) is 12.0. The Hall–Kier alpha value is -2.90. The van der Waals surface area contributed by atoms with E-state index >= 15 is 0 Å². The van der Waals surface area contributed by atoms with Crippen LogP contribution in [0.1, 0.15) is 31.3 Å². The average Bonchev–Trinajstić information content (AvgIpc) is 3.00. The summed E-state index contributed by atoms with van der Waals surface area (Å²) in [6, 6.07) is 7.49. The predicted molar refractivity (Wildman–Crippen MR) is 93.5 cm³/mol. The zero-order valence-electron chi connectivity index (χ0n) is 14.5. The van der Waals surface area contributed by atoms with E-state index in [1.54, 1.807) is 0 Å². The molecule has 1 aliphatic rings. The van der Waals surface area contributed by atoms with Crippen LogP contribution >= 0.6 is 0 Å². The van der Waals surface area contributed by atoms with Gasteiger partial charge in [0.15, 0.2) is 0 Å².